The highest BCUT2D eigenvalue weighted by Gasteiger charge is 2.07. The van der Waals surface area contributed by atoms with Gasteiger partial charge in [-0.2, -0.15) is 0 Å². The number of rotatable bonds is 19. The number of likely N-dealkylation sites (N-methyl/N-ethyl adjacent to an activating group) is 1. The first-order valence-electron chi connectivity index (χ1n) is 10.7. The largest absolute Gasteiger partial charge is 0.466 e. The normalized spacial score (nSPS) is 12.3. The van der Waals surface area contributed by atoms with Crippen LogP contribution in [-0.4, -0.2) is 37.4 Å². The fourth-order valence-corrected chi connectivity index (χ4v) is 3.00. The second kappa shape index (κ2) is 19.7. The lowest BCUT2D eigenvalue weighted by Gasteiger charge is -2.12. The van der Waals surface area contributed by atoms with Crippen LogP contribution < -0.4 is 5.32 Å². The minimum atomic E-state index is -0.101. The van der Waals surface area contributed by atoms with E-state index < -0.39 is 0 Å². The van der Waals surface area contributed by atoms with Crippen molar-refractivity contribution in [3.63, 3.8) is 0 Å². The fraction of sp³-hybridized carbons (Fsp3) is 0.952. The molecular weight excluding hydrogens is 314 g/mol. The van der Waals surface area contributed by atoms with Crippen molar-refractivity contribution in [2.24, 2.45) is 0 Å². The third-order valence-electron chi connectivity index (χ3n) is 4.84. The zero-order chi connectivity index (χ0) is 18.6. The van der Waals surface area contributed by atoms with Gasteiger partial charge in [0.1, 0.15) is 0 Å². The number of esters is 1. The SMILES string of the molecule is CCCCCCCCCCCCCCCC(=O)OCCC(CO)NC. The lowest BCUT2D eigenvalue weighted by atomic mass is 10.0. The fourth-order valence-electron chi connectivity index (χ4n) is 3.00. The van der Waals surface area contributed by atoms with Crippen molar-refractivity contribution in [2.45, 2.75) is 109 Å². The van der Waals surface area contributed by atoms with Crippen LogP contribution in [-0.2, 0) is 9.53 Å². The Hall–Kier alpha value is -0.610. The summed E-state index contributed by atoms with van der Waals surface area (Å²) in [6, 6.07) is 0.0177. The first-order valence-corrected chi connectivity index (χ1v) is 10.7. The number of nitrogens with one attached hydrogen (secondary N) is 1. The van der Waals surface area contributed by atoms with Crippen LogP contribution in [0, 0.1) is 0 Å². The number of aliphatic hydroxyl groups is 1. The molecule has 0 saturated carbocycles. The van der Waals surface area contributed by atoms with Gasteiger partial charge in [-0.05, 0) is 19.9 Å². The molecule has 0 saturated heterocycles. The van der Waals surface area contributed by atoms with E-state index in [-0.39, 0.29) is 18.6 Å². The Kier molecular flexibility index (Phi) is 19.2. The van der Waals surface area contributed by atoms with Gasteiger partial charge in [0, 0.05) is 12.5 Å². The van der Waals surface area contributed by atoms with Crippen molar-refractivity contribution in [1.29, 1.82) is 0 Å². The minimum Gasteiger partial charge on any atom is -0.466 e. The van der Waals surface area contributed by atoms with Crippen LogP contribution in [0.3, 0.4) is 0 Å². The van der Waals surface area contributed by atoms with Gasteiger partial charge in [-0.1, -0.05) is 84.0 Å². The zero-order valence-electron chi connectivity index (χ0n) is 16.9. The molecule has 0 fully saturated rings. The average Bonchev–Trinajstić information content (AvgIpc) is 2.62. The number of hydrogen-bond acceptors (Lipinski definition) is 4. The van der Waals surface area contributed by atoms with Crippen molar-refractivity contribution < 1.29 is 14.6 Å². The molecule has 1 unspecified atom stereocenters. The third kappa shape index (κ3) is 18.0. The summed E-state index contributed by atoms with van der Waals surface area (Å²) in [5.41, 5.74) is 0. The second-order valence-corrected chi connectivity index (χ2v) is 7.17. The van der Waals surface area contributed by atoms with E-state index in [1.165, 1.54) is 70.6 Å². The predicted molar refractivity (Wildman–Crippen MR) is 106 cm³/mol. The van der Waals surface area contributed by atoms with Gasteiger partial charge in [-0.15, -0.1) is 0 Å². The van der Waals surface area contributed by atoms with E-state index in [9.17, 15) is 4.79 Å². The number of unbranched alkanes of at least 4 members (excludes halogenated alkanes) is 12. The molecule has 0 aromatic heterocycles. The average molecular weight is 358 g/mol. The van der Waals surface area contributed by atoms with Gasteiger partial charge >= 0.3 is 5.97 Å². The van der Waals surface area contributed by atoms with Gasteiger partial charge in [0.2, 0.25) is 0 Å². The first-order chi connectivity index (χ1) is 12.2. The highest BCUT2D eigenvalue weighted by atomic mass is 16.5. The molecule has 0 aromatic rings. The number of carbonyl (C=O) groups is 1. The predicted octanol–water partition coefficient (Wildman–Crippen LogP) is 4.98. The quantitative estimate of drug-likeness (QED) is 0.253. The molecule has 2 N–H and O–H groups in total. The molecule has 25 heavy (non-hydrogen) atoms. The zero-order valence-corrected chi connectivity index (χ0v) is 16.9. The van der Waals surface area contributed by atoms with Crippen LogP contribution in [0.2, 0.25) is 0 Å². The Morgan fingerprint density at radius 1 is 0.880 bits per heavy atom. The molecule has 0 heterocycles. The summed E-state index contributed by atoms with van der Waals surface area (Å²) in [4.78, 5) is 11.6. The molecule has 1 atom stereocenters. The smallest absolute Gasteiger partial charge is 0.305 e. The second-order valence-electron chi connectivity index (χ2n) is 7.17. The van der Waals surface area contributed by atoms with E-state index in [1.54, 1.807) is 7.05 Å². The maximum atomic E-state index is 11.6. The number of ether oxygens (including phenoxy) is 1. The van der Waals surface area contributed by atoms with Crippen LogP contribution in [0.25, 0.3) is 0 Å². The molecule has 4 nitrogen and oxygen atoms in total. The van der Waals surface area contributed by atoms with Crippen molar-refractivity contribution in [1.82, 2.24) is 5.32 Å². The molecule has 0 bridgehead atoms. The summed E-state index contributed by atoms with van der Waals surface area (Å²) in [6.07, 6.45) is 18.3. The molecule has 0 aliphatic rings. The Bertz CT molecular complexity index is 280. The molecule has 0 rings (SSSR count). The van der Waals surface area contributed by atoms with Gasteiger partial charge in [0.05, 0.1) is 13.2 Å². The molecule has 0 radical (unpaired) electrons. The Balaban J connectivity index is 3.21. The number of carbonyl (C=O) groups excluding carboxylic acids is 1. The summed E-state index contributed by atoms with van der Waals surface area (Å²) in [5.74, 6) is -0.101. The van der Waals surface area contributed by atoms with Crippen LogP contribution in [0.5, 0.6) is 0 Å². The maximum absolute atomic E-state index is 11.6. The lowest BCUT2D eigenvalue weighted by molar-refractivity contribution is -0.144. The third-order valence-corrected chi connectivity index (χ3v) is 4.84. The molecule has 0 aliphatic heterocycles. The van der Waals surface area contributed by atoms with Crippen molar-refractivity contribution >= 4 is 5.97 Å². The van der Waals surface area contributed by atoms with Gasteiger partial charge < -0.3 is 15.2 Å². The standard InChI is InChI=1S/C21H43NO3/c1-3-4-5-6-7-8-9-10-11-12-13-14-15-16-21(24)25-18-17-20(19-23)22-2/h20,22-23H,3-19H2,1-2H3. The molecule has 0 aromatic carbocycles. The Labute approximate surface area is 156 Å². The van der Waals surface area contributed by atoms with E-state index in [1.807, 2.05) is 0 Å². The van der Waals surface area contributed by atoms with E-state index >= 15 is 0 Å². The summed E-state index contributed by atoms with van der Waals surface area (Å²) in [6.45, 7) is 2.73. The minimum absolute atomic E-state index is 0.0177. The van der Waals surface area contributed by atoms with E-state index in [2.05, 4.69) is 12.2 Å². The summed E-state index contributed by atoms with van der Waals surface area (Å²) in [7, 11) is 1.80. The van der Waals surface area contributed by atoms with Crippen molar-refractivity contribution in [2.75, 3.05) is 20.3 Å². The number of aliphatic hydroxyl groups excluding tert-OH is 1. The molecular formula is C21H43NO3. The molecule has 4 heteroatoms. The first kappa shape index (κ1) is 24.4. The summed E-state index contributed by atoms with van der Waals surface area (Å²) < 4.78 is 5.19. The van der Waals surface area contributed by atoms with Gasteiger partial charge in [0.25, 0.3) is 0 Å². The molecule has 0 aliphatic carbocycles. The van der Waals surface area contributed by atoms with Crippen LogP contribution in [0.15, 0.2) is 0 Å². The van der Waals surface area contributed by atoms with Gasteiger partial charge in [-0.3, -0.25) is 4.79 Å². The highest BCUT2D eigenvalue weighted by molar-refractivity contribution is 5.69. The van der Waals surface area contributed by atoms with Gasteiger partial charge in [-0.25, -0.2) is 0 Å². The Morgan fingerprint density at radius 2 is 1.36 bits per heavy atom. The monoisotopic (exact) mass is 357 g/mol. The lowest BCUT2D eigenvalue weighted by Crippen LogP contribution is -2.30. The highest BCUT2D eigenvalue weighted by Crippen LogP contribution is 2.13. The maximum Gasteiger partial charge on any atom is 0.305 e. The molecule has 150 valence electrons. The van der Waals surface area contributed by atoms with E-state index in [4.69, 9.17) is 9.84 Å². The van der Waals surface area contributed by atoms with Crippen molar-refractivity contribution in [3.8, 4) is 0 Å². The van der Waals surface area contributed by atoms with Gasteiger partial charge in [0.15, 0.2) is 0 Å². The van der Waals surface area contributed by atoms with Crippen LogP contribution >= 0.6 is 0 Å². The molecule has 0 spiro atoms. The number of hydrogen-bond donors (Lipinski definition) is 2. The molecule has 0 amide bonds. The van der Waals surface area contributed by atoms with Crippen LogP contribution in [0.4, 0.5) is 0 Å². The Morgan fingerprint density at radius 3 is 1.80 bits per heavy atom. The topological polar surface area (TPSA) is 58.6 Å². The van der Waals surface area contributed by atoms with Crippen molar-refractivity contribution in [3.05, 3.63) is 0 Å². The van der Waals surface area contributed by atoms with E-state index in [0.29, 0.717) is 19.4 Å². The summed E-state index contributed by atoms with van der Waals surface area (Å²) in [5, 5.41) is 12.0. The van der Waals surface area contributed by atoms with Crippen LogP contribution in [0.1, 0.15) is 103 Å². The van der Waals surface area contributed by atoms with E-state index in [0.717, 1.165) is 12.8 Å². The summed E-state index contributed by atoms with van der Waals surface area (Å²) >= 11 is 0.